The Kier molecular flexibility index (Phi) is 4.03. The third kappa shape index (κ3) is 2.34. The molecule has 1 aromatic rings. The second kappa shape index (κ2) is 6.06. The smallest absolute Gasteiger partial charge is 0.166 e. The van der Waals surface area contributed by atoms with E-state index >= 15 is 0 Å². The van der Waals surface area contributed by atoms with E-state index < -0.39 is 6.10 Å². The van der Waals surface area contributed by atoms with Gasteiger partial charge in [0, 0.05) is 31.7 Å². The van der Waals surface area contributed by atoms with Crippen LogP contribution in [0.2, 0.25) is 0 Å². The van der Waals surface area contributed by atoms with E-state index in [-0.39, 0.29) is 18.1 Å². The van der Waals surface area contributed by atoms with Crippen molar-refractivity contribution in [3.8, 4) is 11.5 Å². The molecule has 0 aromatic heterocycles. The number of aliphatic hydroxyl groups is 2. The Morgan fingerprint density at radius 3 is 3.08 bits per heavy atom. The summed E-state index contributed by atoms with van der Waals surface area (Å²) in [5.41, 5.74) is 2.33. The zero-order valence-corrected chi connectivity index (χ0v) is 14.1. The molecule has 0 amide bonds. The molecule has 0 saturated carbocycles. The van der Waals surface area contributed by atoms with Gasteiger partial charge in [-0.2, -0.15) is 0 Å². The van der Waals surface area contributed by atoms with Crippen molar-refractivity contribution in [3.05, 3.63) is 35.4 Å². The molecule has 2 unspecified atom stereocenters. The lowest BCUT2D eigenvalue weighted by molar-refractivity contribution is 0.0806. The maximum absolute atomic E-state index is 10.1. The van der Waals surface area contributed by atoms with E-state index in [0.29, 0.717) is 6.42 Å². The summed E-state index contributed by atoms with van der Waals surface area (Å²) in [7, 11) is 1.67. The van der Waals surface area contributed by atoms with Crippen LogP contribution >= 0.6 is 0 Å². The van der Waals surface area contributed by atoms with Crippen LogP contribution in [0.3, 0.4) is 0 Å². The van der Waals surface area contributed by atoms with E-state index in [2.05, 4.69) is 17.0 Å². The van der Waals surface area contributed by atoms with Gasteiger partial charge in [0.25, 0.3) is 0 Å². The molecule has 0 saturated heterocycles. The van der Waals surface area contributed by atoms with Gasteiger partial charge in [-0.3, -0.25) is 4.90 Å². The minimum Gasteiger partial charge on any atom is -0.493 e. The van der Waals surface area contributed by atoms with Crippen LogP contribution in [0.5, 0.6) is 11.5 Å². The second-order valence-corrected chi connectivity index (χ2v) is 7.04. The van der Waals surface area contributed by atoms with Crippen molar-refractivity contribution in [2.24, 2.45) is 0 Å². The number of hydrogen-bond acceptors (Lipinski definition) is 5. The number of aliphatic hydroxyl groups excluding tert-OH is 2. The van der Waals surface area contributed by atoms with Gasteiger partial charge in [-0.1, -0.05) is 18.2 Å². The SMILES string of the molecule is COc1ccc2c3c1OC1C[C@@H](O)C=CC31CCN(CCCO)C2. The van der Waals surface area contributed by atoms with Gasteiger partial charge in [-0.25, -0.2) is 0 Å². The average Bonchev–Trinajstić information content (AvgIpc) is 2.83. The summed E-state index contributed by atoms with van der Waals surface area (Å²) in [6.45, 7) is 2.93. The van der Waals surface area contributed by atoms with E-state index in [1.54, 1.807) is 7.11 Å². The first-order valence-corrected chi connectivity index (χ1v) is 8.75. The Hall–Kier alpha value is -1.56. The molecule has 1 spiro atoms. The molecule has 24 heavy (non-hydrogen) atoms. The van der Waals surface area contributed by atoms with Gasteiger partial charge >= 0.3 is 0 Å². The quantitative estimate of drug-likeness (QED) is 0.821. The van der Waals surface area contributed by atoms with Crippen molar-refractivity contribution < 1.29 is 19.7 Å². The molecule has 3 aliphatic rings. The molecule has 1 aromatic carbocycles. The van der Waals surface area contributed by atoms with Crippen LogP contribution in [0, 0.1) is 0 Å². The highest BCUT2D eigenvalue weighted by atomic mass is 16.5. The highest BCUT2D eigenvalue weighted by Gasteiger charge is 2.52. The summed E-state index contributed by atoms with van der Waals surface area (Å²) in [6, 6.07) is 4.12. The lowest BCUT2D eigenvalue weighted by Crippen LogP contribution is -2.43. The summed E-state index contributed by atoms with van der Waals surface area (Å²) in [5.74, 6) is 1.62. The maximum Gasteiger partial charge on any atom is 0.166 e. The number of methoxy groups -OCH3 is 1. The fraction of sp³-hybridized carbons (Fsp3) is 0.579. The molecule has 130 valence electrons. The highest BCUT2D eigenvalue weighted by molar-refractivity contribution is 5.60. The number of hydrogen-bond donors (Lipinski definition) is 2. The Bertz CT molecular complexity index is 659. The van der Waals surface area contributed by atoms with Crippen molar-refractivity contribution in [1.29, 1.82) is 0 Å². The Morgan fingerprint density at radius 2 is 2.29 bits per heavy atom. The largest absolute Gasteiger partial charge is 0.493 e. The first-order chi connectivity index (χ1) is 11.7. The van der Waals surface area contributed by atoms with Crippen LogP contribution in [0.25, 0.3) is 0 Å². The zero-order chi connectivity index (χ0) is 16.7. The van der Waals surface area contributed by atoms with Gasteiger partial charge in [0.15, 0.2) is 11.5 Å². The first-order valence-electron chi connectivity index (χ1n) is 8.75. The predicted molar refractivity (Wildman–Crippen MR) is 90.4 cm³/mol. The topological polar surface area (TPSA) is 62.2 Å². The molecule has 2 N–H and O–H groups in total. The third-order valence-corrected chi connectivity index (χ3v) is 5.67. The van der Waals surface area contributed by atoms with Crippen molar-refractivity contribution in [3.63, 3.8) is 0 Å². The molecule has 2 aliphatic heterocycles. The molecular formula is C19H25NO4. The summed E-state index contributed by atoms with van der Waals surface area (Å²) in [5, 5.41) is 19.2. The molecule has 5 nitrogen and oxygen atoms in total. The number of benzene rings is 1. The molecule has 0 radical (unpaired) electrons. The minimum atomic E-state index is -0.446. The lowest BCUT2D eigenvalue weighted by atomic mass is 9.69. The molecular weight excluding hydrogens is 306 g/mol. The minimum absolute atomic E-state index is 0.0414. The second-order valence-electron chi connectivity index (χ2n) is 7.04. The Balaban J connectivity index is 1.80. The predicted octanol–water partition coefficient (Wildman–Crippen LogP) is 1.60. The number of rotatable bonds is 4. The maximum atomic E-state index is 10.1. The van der Waals surface area contributed by atoms with Crippen LogP contribution in [-0.4, -0.2) is 54.1 Å². The van der Waals surface area contributed by atoms with Gasteiger partial charge in [0.05, 0.1) is 18.6 Å². The fourth-order valence-corrected chi connectivity index (χ4v) is 4.48. The summed E-state index contributed by atoms with van der Waals surface area (Å²) in [4.78, 5) is 2.40. The summed E-state index contributed by atoms with van der Waals surface area (Å²) in [6.07, 6.45) is 5.96. The molecule has 0 bridgehead atoms. The molecule has 0 fully saturated rings. The molecule has 3 atom stereocenters. The van der Waals surface area contributed by atoms with Crippen LogP contribution < -0.4 is 9.47 Å². The van der Waals surface area contributed by atoms with Crippen molar-refractivity contribution in [2.45, 2.75) is 43.4 Å². The van der Waals surface area contributed by atoms with Gasteiger partial charge in [0.2, 0.25) is 0 Å². The van der Waals surface area contributed by atoms with Gasteiger partial charge in [0.1, 0.15) is 6.10 Å². The molecule has 5 heteroatoms. The monoisotopic (exact) mass is 331 g/mol. The van der Waals surface area contributed by atoms with E-state index in [4.69, 9.17) is 14.6 Å². The fourth-order valence-electron chi connectivity index (χ4n) is 4.48. The van der Waals surface area contributed by atoms with E-state index in [1.165, 1.54) is 11.1 Å². The van der Waals surface area contributed by atoms with Crippen molar-refractivity contribution >= 4 is 0 Å². The summed E-state index contributed by atoms with van der Waals surface area (Å²) >= 11 is 0. The number of ether oxygens (including phenoxy) is 2. The van der Waals surface area contributed by atoms with Gasteiger partial charge in [-0.15, -0.1) is 0 Å². The van der Waals surface area contributed by atoms with Crippen LogP contribution in [-0.2, 0) is 12.0 Å². The van der Waals surface area contributed by atoms with Crippen LogP contribution in [0.4, 0.5) is 0 Å². The van der Waals surface area contributed by atoms with Gasteiger partial charge in [-0.05, 0) is 31.0 Å². The van der Waals surface area contributed by atoms with E-state index in [0.717, 1.165) is 44.0 Å². The summed E-state index contributed by atoms with van der Waals surface area (Å²) < 4.78 is 11.8. The lowest BCUT2D eigenvalue weighted by Gasteiger charge is -2.35. The average molecular weight is 331 g/mol. The molecule has 4 rings (SSSR count). The first kappa shape index (κ1) is 15.9. The Labute approximate surface area is 142 Å². The normalized spacial score (nSPS) is 31.1. The van der Waals surface area contributed by atoms with E-state index in [9.17, 15) is 5.11 Å². The van der Waals surface area contributed by atoms with Crippen LogP contribution in [0.1, 0.15) is 30.4 Å². The van der Waals surface area contributed by atoms with Crippen LogP contribution in [0.15, 0.2) is 24.3 Å². The third-order valence-electron chi connectivity index (χ3n) is 5.67. The standard InChI is InChI=1S/C19H25NO4/c1-23-15-4-3-13-12-20(8-2-10-21)9-7-19-6-5-14(22)11-16(19)24-18(15)17(13)19/h3-6,14,16,21-22H,2,7-12H2,1H3/t14-,16?,19?/m0/s1. The van der Waals surface area contributed by atoms with Crippen molar-refractivity contribution in [2.75, 3.05) is 26.8 Å². The van der Waals surface area contributed by atoms with E-state index in [1.807, 2.05) is 12.1 Å². The van der Waals surface area contributed by atoms with Crippen molar-refractivity contribution in [1.82, 2.24) is 4.90 Å². The van der Waals surface area contributed by atoms with Gasteiger partial charge < -0.3 is 19.7 Å². The molecule has 1 aliphatic carbocycles. The molecule has 2 heterocycles. The number of nitrogens with zero attached hydrogens (tertiary/aromatic N) is 1. The zero-order valence-electron chi connectivity index (χ0n) is 14.1. The Morgan fingerprint density at radius 1 is 1.42 bits per heavy atom. The highest BCUT2D eigenvalue weighted by Crippen LogP contribution is 2.55.